The van der Waals surface area contributed by atoms with Crippen LogP contribution in [0, 0.1) is 0 Å². The second-order valence-corrected chi connectivity index (χ2v) is 9.00. The predicted octanol–water partition coefficient (Wildman–Crippen LogP) is 4.74. The van der Waals surface area contributed by atoms with Crippen LogP contribution in [-0.2, 0) is 14.2 Å². The van der Waals surface area contributed by atoms with E-state index in [1.54, 1.807) is 30.3 Å². The van der Waals surface area contributed by atoms with Crippen molar-refractivity contribution in [2.24, 2.45) is 0 Å². The molecule has 0 saturated heterocycles. The Bertz CT molecular complexity index is 880. The maximum atomic E-state index is 13.3. The number of rotatable bonds is 18. The minimum atomic E-state index is -0.350. The van der Waals surface area contributed by atoms with Crippen molar-refractivity contribution >= 4 is 61.5 Å². The zero-order valence-electron chi connectivity index (χ0n) is 20.4. The molecule has 0 spiro atoms. The van der Waals surface area contributed by atoms with Gasteiger partial charge >= 0.3 is 18.9 Å². The van der Waals surface area contributed by atoms with Crippen molar-refractivity contribution in [3.63, 3.8) is 0 Å². The van der Waals surface area contributed by atoms with Gasteiger partial charge in [0.15, 0.2) is 5.52 Å². The normalized spacial score (nSPS) is 10.9. The van der Waals surface area contributed by atoms with Crippen LogP contribution in [0.5, 0.6) is 17.2 Å². The Balaban J connectivity index is 0.00000648. The number of carbonyl (C=O) groups is 1. The summed E-state index contributed by atoms with van der Waals surface area (Å²) in [5, 5.41) is 1.18. The van der Waals surface area contributed by atoms with E-state index in [-0.39, 0.29) is 38.5 Å². The maximum absolute atomic E-state index is 13.3. The summed E-state index contributed by atoms with van der Waals surface area (Å²) in [5.41, 5.74) is 0.0432. The molecule has 2 aromatic rings. The van der Waals surface area contributed by atoms with Crippen LogP contribution in [0.3, 0.4) is 0 Å². The summed E-state index contributed by atoms with van der Waals surface area (Å²) in [4.78, 5) is 13.3. The van der Waals surface area contributed by atoms with E-state index in [9.17, 15) is 4.79 Å². The van der Waals surface area contributed by atoms with Crippen molar-refractivity contribution in [1.82, 2.24) is 0 Å². The molecule has 1 atom stereocenters. The summed E-state index contributed by atoms with van der Waals surface area (Å²) in [5.74, 6) is 1.49. The van der Waals surface area contributed by atoms with Gasteiger partial charge in [-0.15, -0.1) is 0 Å². The molecular weight excluding hydrogens is 521 g/mol. The number of halogens is 2. The Morgan fingerprint density at radius 1 is 0.750 bits per heavy atom. The van der Waals surface area contributed by atoms with Gasteiger partial charge in [0.25, 0.3) is 0 Å². The molecule has 0 aliphatic carbocycles. The fourth-order valence-corrected chi connectivity index (χ4v) is 4.85. The van der Waals surface area contributed by atoms with E-state index in [0.29, 0.717) is 92.1 Å². The third-order valence-electron chi connectivity index (χ3n) is 4.55. The fourth-order valence-electron chi connectivity index (χ4n) is 2.96. The van der Waals surface area contributed by atoms with Crippen LogP contribution >= 0.6 is 31.8 Å². The third kappa shape index (κ3) is 11.2. The van der Waals surface area contributed by atoms with Crippen molar-refractivity contribution in [2.45, 2.75) is 20.8 Å². The van der Waals surface area contributed by atoms with Crippen molar-refractivity contribution < 1.29 is 33.2 Å². The first-order valence-corrected chi connectivity index (χ1v) is 13.3. The van der Waals surface area contributed by atoms with Gasteiger partial charge in [-0.3, -0.25) is 4.79 Å². The first-order chi connectivity index (χ1) is 17.0. The molecule has 196 valence electrons. The predicted molar refractivity (Wildman–Crippen MR) is 148 cm³/mol. The first kappa shape index (κ1) is 33.0. The van der Waals surface area contributed by atoms with E-state index < -0.39 is 0 Å². The van der Waals surface area contributed by atoms with Gasteiger partial charge in [-0.25, -0.2) is 0 Å². The molecule has 2 rings (SSSR count). The molecule has 0 radical (unpaired) electrons. The molecule has 11 heteroatoms. The van der Waals surface area contributed by atoms with Gasteiger partial charge < -0.3 is 28.4 Å². The molecule has 0 bridgehead atoms. The number of hydrogen-bond donors (Lipinski definition) is 0. The topological polar surface area (TPSA) is 72.5 Å². The molecule has 7 nitrogen and oxygen atoms in total. The first-order valence-electron chi connectivity index (χ1n) is 11.6. The summed E-state index contributed by atoms with van der Waals surface area (Å²) in [7, 11) is -0.350. The molecular formula is C25H34Cl2LiO7P. The molecule has 0 N–H and O–H groups in total. The summed E-state index contributed by atoms with van der Waals surface area (Å²) < 4.78 is 34.0. The van der Waals surface area contributed by atoms with Crippen molar-refractivity contribution in [3.05, 3.63) is 45.9 Å². The molecule has 0 aromatic heterocycles. The van der Waals surface area contributed by atoms with Crippen LogP contribution in [0.2, 0.25) is 10.0 Å². The summed E-state index contributed by atoms with van der Waals surface area (Å²) >= 11 is 12.6. The number of hydrogen-bond acceptors (Lipinski definition) is 7. The Morgan fingerprint density at radius 2 is 1.19 bits per heavy atom. The van der Waals surface area contributed by atoms with Crippen LogP contribution in [0.4, 0.5) is 0 Å². The Morgan fingerprint density at radius 3 is 1.64 bits per heavy atom. The van der Waals surface area contributed by atoms with Crippen molar-refractivity contribution in [3.8, 4) is 17.2 Å². The monoisotopic (exact) mass is 554 g/mol. The fraction of sp³-hybridized carbons (Fsp3) is 0.480. The SMILES string of the molecule is CCOCCOc1cc(OCCOCC)c(PC(=O)c2c(Cl)cccc2Cl)c(OCCOCC)c1.[LiH]. The van der Waals surface area contributed by atoms with E-state index in [4.69, 9.17) is 51.6 Å². The van der Waals surface area contributed by atoms with Gasteiger partial charge in [-0.05, 0) is 41.5 Å². The van der Waals surface area contributed by atoms with E-state index in [2.05, 4.69) is 0 Å². The minimum absolute atomic E-state index is 0. The van der Waals surface area contributed by atoms with Crippen molar-refractivity contribution in [2.75, 3.05) is 59.5 Å². The van der Waals surface area contributed by atoms with E-state index in [1.165, 1.54) is 0 Å². The molecule has 36 heavy (non-hydrogen) atoms. The Labute approximate surface area is 237 Å². The summed E-state index contributed by atoms with van der Waals surface area (Å²) in [6.45, 7) is 9.72. The van der Waals surface area contributed by atoms with Crippen molar-refractivity contribution in [1.29, 1.82) is 0 Å². The number of benzene rings is 2. The average Bonchev–Trinajstić information content (AvgIpc) is 2.84. The molecule has 0 aliphatic heterocycles. The van der Waals surface area contributed by atoms with Gasteiger partial charge in [0.2, 0.25) is 0 Å². The zero-order chi connectivity index (χ0) is 25.5. The van der Waals surface area contributed by atoms with Gasteiger partial charge in [0.1, 0.15) is 37.1 Å². The molecule has 0 saturated carbocycles. The van der Waals surface area contributed by atoms with Crippen LogP contribution in [-0.4, -0.2) is 83.8 Å². The zero-order valence-corrected chi connectivity index (χ0v) is 22.9. The average molecular weight is 555 g/mol. The quantitative estimate of drug-likeness (QED) is 0.150. The molecule has 0 amide bonds. The molecule has 0 aliphatic rings. The summed E-state index contributed by atoms with van der Waals surface area (Å²) in [6.07, 6.45) is 0. The van der Waals surface area contributed by atoms with E-state index in [0.717, 1.165) is 0 Å². The van der Waals surface area contributed by atoms with Gasteiger partial charge in [-0.1, -0.05) is 29.3 Å². The molecule has 2 aromatic carbocycles. The Kier molecular flexibility index (Phi) is 17.5. The third-order valence-corrected chi connectivity index (χ3v) is 6.40. The van der Waals surface area contributed by atoms with E-state index in [1.807, 2.05) is 20.8 Å². The van der Waals surface area contributed by atoms with Gasteiger partial charge in [0.05, 0.1) is 40.7 Å². The Hall–Kier alpha value is -1.00. The number of ether oxygens (including phenoxy) is 6. The molecule has 0 heterocycles. The van der Waals surface area contributed by atoms with Gasteiger partial charge in [-0.2, -0.15) is 0 Å². The second kappa shape index (κ2) is 19.1. The molecule has 0 fully saturated rings. The summed E-state index contributed by atoms with van der Waals surface area (Å²) in [6, 6.07) is 8.47. The van der Waals surface area contributed by atoms with Crippen LogP contribution < -0.4 is 19.5 Å². The molecule has 1 unspecified atom stereocenters. The van der Waals surface area contributed by atoms with Crippen LogP contribution in [0.25, 0.3) is 0 Å². The van der Waals surface area contributed by atoms with Crippen LogP contribution in [0.1, 0.15) is 31.1 Å². The van der Waals surface area contributed by atoms with Crippen LogP contribution in [0.15, 0.2) is 30.3 Å². The standard InChI is InChI=1S/C25H33Cl2O7P.Li.H/c1-4-29-10-13-32-18-16-21(33-14-11-30-5-2)24(22(17-18)34-15-12-31-6-3)35-25(28)23-19(26)8-7-9-20(23)27;;/h7-9,16-17,35H,4-6,10-15H2,1-3H3;;. The second-order valence-electron chi connectivity index (χ2n) is 6.98. The van der Waals surface area contributed by atoms with Gasteiger partial charge in [0, 0.05) is 32.0 Å². The van der Waals surface area contributed by atoms with E-state index >= 15 is 0 Å². The number of carbonyl (C=O) groups excluding carboxylic acids is 1.